The summed E-state index contributed by atoms with van der Waals surface area (Å²) < 4.78 is 23.1. The SMILES string of the molecule is O=C(O)C1CCCNOC1c1ccc(S(=O)(=O)C(Br)(Br)Br)cc1. The van der Waals surface area contributed by atoms with Crippen molar-refractivity contribution in [1.29, 1.82) is 0 Å². The van der Waals surface area contributed by atoms with Crippen LogP contribution >= 0.6 is 47.8 Å². The van der Waals surface area contributed by atoms with Gasteiger partial charge >= 0.3 is 5.97 Å². The van der Waals surface area contributed by atoms with Crippen molar-refractivity contribution in [1.82, 2.24) is 5.48 Å². The van der Waals surface area contributed by atoms with Gasteiger partial charge in [0.05, 0.1) is 10.8 Å². The van der Waals surface area contributed by atoms with Gasteiger partial charge in [-0.2, -0.15) is 0 Å². The number of carboxylic acids is 1. The topological polar surface area (TPSA) is 92.7 Å². The summed E-state index contributed by atoms with van der Waals surface area (Å²) in [4.78, 5) is 17.0. The van der Waals surface area contributed by atoms with Crippen LogP contribution in [0.1, 0.15) is 24.5 Å². The van der Waals surface area contributed by atoms with Crippen LogP contribution in [0, 0.1) is 5.92 Å². The van der Waals surface area contributed by atoms with Gasteiger partial charge in [0, 0.05) is 6.54 Å². The monoisotopic (exact) mass is 533 g/mol. The molecule has 0 saturated carbocycles. The highest BCUT2D eigenvalue weighted by Gasteiger charge is 2.38. The van der Waals surface area contributed by atoms with Crippen LogP contribution in [0.3, 0.4) is 0 Å². The third-order valence-corrected chi connectivity index (χ3v) is 8.85. The molecule has 0 bridgehead atoms. The fourth-order valence-electron chi connectivity index (χ4n) is 2.30. The number of halogens is 3. The lowest BCUT2D eigenvalue weighted by Gasteiger charge is -2.22. The molecule has 1 saturated heterocycles. The van der Waals surface area contributed by atoms with Gasteiger partial charge < -0.3 is 5.11 Å². The molecule has 0 amide bonds. The Labute approximate surface area is 159 Å². The summed E-state index contributed by atoms with van der Waals surface area (Å²) in [7, 11) is -3.68. The molecule has 10 heteroatoms. The van der Waals surface area contributed by atoms with Gasteiger partial charge in [0.1, 0.15) is 6.10 Å². The minimum absolute atomic E-state index is 0.0836. The van der Waals surface area contributed by atoms with Crippen LogP contribution in [-0.4, -0.2) is 27.5 Å². The number of alkyl halides is 3. The number of benzene rings is 1. The number of hydroxylamine groups is 1. The molecule has 1 aromatic rings. The van der Waals surface area contributed by atoms with Gasteiger partial charge in [0.2, 0.25) is 11.3 Å². The number of nitrogens with one attached hydrogen (secondary N) is 1. The van der Waals surface area contributed by atoms with E-state index < -0.39 is 29.3 Å². The van der Waals surface area contributed by atoms with E-state index in [4.69, 9.17) is 4.84 Å². The Morgan fingerprint density at radius 2 is 1.87 bits per heavy atom. The second-order valence-electron chi connectivity index (χ2n) is 5.04. The lowest BCUT2D eigenvalue weighted by Crippen LogP contribution is -2.25. The molecular formula is C13H14Br3NO5S. The number of aliphatic carboxylic acids is 1. The normalized spacial score (nSPS) is 23.3. The highest BCUT2D eigenvalue weighted by molar-refractivity contribution is 9.42. The van der Waals surface area contributed by atoms with Gasteiger partial charge in [0.25, 0.3) is 0 Å². The first-order chi connectivity index (χ1) is 10.6. The van der Waals surface area contributed by atoms with E-state index in [2.05, 4.69) is 53.3 Å². The van der Waals surface area contributed by atoms with Crippen molar-refractivity contribution in [2.75, 3.05) is 6.54 Å². The molecule has 2 N–H and O–H groups in total. The Kier molecular flexibility index (Phi) is 6.29. The molecular weight excluding hydrogens is 522 g/mol. The highest BCUT2D eigenvalue weighted by atomic mass is 80.0. The van der Waals surface area contributed by atoms with E-state index >= 15 is 0 Å². The fourth-order valence-corrected chi connectivity index (χ4v) is 4.74. The van der Waals surface area contributed by atoms with E-state index in [1.807, 2.05) is 0 Å². The third kappa shape index (κ3) is 4.35. The summed E-state index contributed by atoms with van der Waals surface area (Å²) in [5.41, 5.74) is 3.35. The summed E-state index contributed by atoms with van der Waals surface area (Å²) >= 11 is 9.01. The van der Waals surface area contributed by atoms with E-state index in [0.29, 0.717) is 24.9 Å². The minimum Gasteiger partial charge on any atom is -0.481 e. The standard InChI is InChI=1S/C13H14Br3NO5S/c14-13(15,16)23(20,21)9-5-3-8(4-6-9)11-10(12(18)19)2-1-7-17-22-11/h3-6,10-11,17H,1-2,7H2,(H,18,19). The molecule has 2 unspecified atom stereocenters. The highest BCUT2D eigenvalue weighted by Crippen LogP contribution is 2.43. The molecule has 1 aliphatic rings. The predicted molar refractivity (Wildman–Crippen MR) is 95.3 cm³/mol. The Balaban J connectivity index is 2.33. The lowest BCUT2D eigenvalue weighted by atomic mass is 9.92. The number of hydrogen-bond donors (Lipinski definition) is 2. The Morgan fingerprint density at radius 1 is 1.26 bits per heavy atom. The van der Waals surface area contributed by atoms with E-state index in [1.165, 1.54) is 12.1 Å². The fraction of sp³-hybridized carbons (Fsp3) is 0.462. The maximum Gasteiger partial charge on any atom is 0.309 e. The molecule has 0 spiro atoms. The summed E-state index contributed by atoms with van der Waals surface area (Å²) in [5, 5.41) is 9.36. The van der Waals surface area contributed by atoms with Gasteiger partial charge in [-0.05, 0) is 78.3 Å². The first-order valence-corrected chi connectivity index (χ1v) is 10.5. The van der Waals surface area contributed by atoms with Crippen LogP contribution in [0.2, 0.25) is 0 Å². The summed E-state index contributed by atoms with van der Waals surface area (Å²) in [6, 6.07) is 5.99. The Bertz CT molecular complexity index is 672. The molecule has 1 aromatic carbocycles. The van der Waals surface area contributed by atoms with E-state index in [9.17, 15) is 18.3 Å². The van der Waals surface area contributed by atoms with Crippen LogP contribution in [0.5, 0.6) is 0 Å². The predicted octanol–water partition coefficient (Wildman–Crippen LogP) is 3.31. The van der Waals surface area contributed by atoms with Crippen LogP contribution in [0.25, 0.3) is 0 Å². The average Bonchev–Trinajstić information content (AvgIpc) is 2.72. The van der Waals surface area contributed by atoms with Crippen molar-refractivity contribution < 1.29 is 23.2 Å². The van der Waals surface area contributed by atoms with Gasteiger partial charge in [-0.1, -0.05) is 12.1 Å². The van der Waals surface area contributed by atoms with Crippen molar-refractivity contribution in [2.45, 2.75) is 25.3 Å². The average molecular weight is 536 g/mol. The molecule has 128 valence electrons. The third-order valence-electron chi connectivity index (χ3n) is 3.51. The first-order valence-electron chi connectivity index (χ1n) is 6.67. The summed E-state index contributed by atoms with van der Waals surface area (Å²) in [5.74, 6) is -1.62. The molecule has 6 nitrogen and oxygen atoms in total. The number of sulfone groups is 1. The van der Waals surface area contributed by atoms with Crippen molar-refractivity contribution in [3.8, 4) is 0 Å². The molecule has 0 radical (unpaired) electrons. The van der Waals surface area contributed by atoms with Crippen molar-refractivity contribution in [3.63, 3.8) is 0 Å². The second kappa shape index (κ2) is 7.49. The van der Waals surface area contributed by atoms with Gasteiger partial charge in [0.15, 0.2) is 0 Å². The van der Waals surface area contributed by atoms with Crippen molar-refractivity contribution in [3.05, 3.63) is 29.8 Å². The number of rotatable bonds is 3. The minimum atomic E-state index is -3.68. The van der Waals surface area contributed by atoms with Gasteiger partial charge in [-0.3, -0.25) is 9.63 Å². The van der Waals surface area contributed by atoms with Crippen LogP contribution < -0.4 is 5.48 Å². The Hall–Kier alpha value is 0. The molecule has 1 aliphatic heterocycles. The Morgan fingerprint density at radius 3 is 2.39 bits per heavy atom. The van der Waals surface area contributed by atoms with Crippen LogP contribution in [0.4, 0.5) is 0 Å². The first kappa shape index (κ1) is 19.3. The zero-order valence-corrected chi connectivity index (χ0v) is 17.3. The number of carbonyl (C=O) groups is 1. The second-order valence-corrected chi connectivity index (χ2v) is 15.5. The zero-order chi connectivity index (χ0) is 17.3. The van der Waals surface area contributed by atoms with Crippen LogP contribution in [-0.2, 0) is 19.5 Å². The molecule has 2 atom stereocenters. The van der Waals surface area contributed by atoms with E-state index in [-0.39, 0.29) is 4.90 Å². The quantitative estimate of drug-likeness (QED) is 0.577. The van der Waals surface area contributed by atoms with E-state index in [0.717, 1.165) is 0 Å². The zero-order valence-electron chi connectivity index (χ0n) is 11.7. The molecule has 0 aliphatic carbocycles. The van der Waals surface area contributed by atoms with Gasteiger partial charge in [-0.15, -0.1) is 0 Å². The molecule has 0 aromatic heterocycles. The van der Waals surface area contributed by atoms with Crippen molar-refractivity contribution in [2.24, 2.45) is 5.92 Å². The maximum absolute atomic E-state index is 12.3. The summed E-state index contributed by atoms with van der Waals surface area (Å²) in [6.45, 7) is 0.575. The maximum atomic E-state index is 12.3. The molecule has 1 fully saturated rings. The molecule has 1 heterocycles. The number of hydrogen-bond acceptors (Lipinski definition) is 5. The lowest BCUT2D eigenvalue weighted by molar-refractivity contribution is -0.150. The number of carboxylic acid groups (broad SMARTS) is 1. The van der Waals surface area contributed by atoms with Crippen molar-refractivity contribution >= 4 is 63.6 Å². The largest absolute Gasteiger partial charge is 0.481 e. The summed E-state index contributed by atoms with van der Waals surface area (Å²) in [6.07, 6.45) is 0.507. The van der Waals surface area contributed by atoms with Crippen LogP contribution in [0.15, 0.2) is 29.2 Å². The molecule has 2 rings (SSSR count). The smallest absolute Gasteiger partial charge is 0.309 e. The van der Waals surface area contributed by atoms with E-state index in [1.54, 1.807) is 12.1 Å². The van der Waals surface area contributed by atoms with Gasteiger partial charge in [-0.25, -0.2) is 13.9 Å². The molecule has 23 heavy (non-hydrogen) atoms.